The van der Waals surface area contributed by atoms with Crippen LogP contribution in [0.3, 0.4) is 0 Å². The molecule has 0 heterocycles. The molecule has 0 N–H and O–H groups in total. The predicted molar refractivity (Wildman–Crippen MR) is 30.0 cm³/mol. The maximum Gasteiger partial charge on any atom is 0 e. The molecule has 0 unspecified atom stereocenters. The van der Waals surface area contributed by atoms with Gasteiger partial charge in [0.15, 0.2) is 0 Å². The summed E-state index contributed by atoms with van der Waals surface area (Å²) in [6.07, 6.45) is 2.15. The van der Waals surface area contributed by atoms with Gasteiger partial charge >= 0.3 is 47.1 Å². The first kappa shape index (κ1) is 10.7. The van der Waals surface area contributed by atoms with E-state index >= 15 is 0 Å². The second-order valence-electron chi connectivity index (χ2n) is 1.45. The van der Waals surface area contributed by atoms with E-state index in [9.17, 15) is 0 Å². The molecule has 2 heteroatoms. The summed E-state index contributed by atoms with van der Waals surface area (Å²) in [6, 6.07) is 0. The molecule has 0 saturated carbocycles. The third kappa shape index (κ3) is 10.9. The van der Waals surface area contributed by atoms with E-state index in [1.54, 1.807) is 0 Å². The molecule has 0 aliphatic heterocycles. The molecule has 3 radical (unpaired) electrons. The third-order valence-electron chi connectivity index (χ3n) is 0.492. The summed E-state index contributed by atoms with van der Waals surface area (Å²) in [4.78, 5) is 0. The van der Waals surface area contributed by atoms with Gasteiger partial charge in [-0.15, -0.1) is 0 Å². The molecule has 0 aromatic rings. The number of allylic oxidation sites excluding steroid dienone is 2. The zero-order valence-corrected chi connectivity index (χ0v) is 7.20. The Balaban J connectivity index is 0. The molecule has 0 aliphatic rings. The van der Waals surface area contributed by atoms with Crippen molar-refractivity contribution in [2.24, 2.45) is 0 Å². The molecule has 0 fully saturated rings. The Morgan fingerprint density at radius 1 is 1.57 bits per heavy atom. The SMILES string of the molecule is CC(C)=C[CH2][Cr].[Al]. The maximum absolute atomic E-state index is 2.90. The van der Waals surface area contributed by atoms with Crippen LogP contribution in [0.2, 0.25) is 5.28 Å². The van der Waals surface area contributed by atoms with Gasteiger partial charge in [0.05, 0.1) is 0 Å². The van der Waals surface area contributed by atoms with E-state index in [0.29, 0.717) is 0 Å². The van der Waals surface area contributed by atoms with Crippen LogP contribution in [-0.2, 0) is 16.3 Å². The van der Waals surface area contributed by atoms with Crippen molar-refractivity contribution >= 4 is 17.4 Å². The van der Waals surface area contributed by atoms with Crippen molar-refractivity contribution in [1.29, 1.82) is 0 Å². The van der Waals surface area contributed by atoms with Crippen molar-refractivity contribution in [1.82, 2.24) is 0 Å². The standard InChI is InChI=1S/C5H9.Al.Cr/c1-4-5(2)3;;/h4H,1H2,2-3H3;;. The average Bonchev–Trinajstić information content (AvgIpc) is 1.35. The fraction of sp³-hybridized carbons (Fsp3) is 0.600. The summed E-state index contributed by atoms with van der Waals surface area (Å²) < 4.78 is 0. The van der Waals surface area contributed by atoms with Crippen LogP contribution in [0.5, 0.6) is 0 Å². The molecular weight excluding hydrogens is 139 g/mol. The Kier molecular flexibility index (Phi) is 10.4. The van der Waals surface area contributed by atoms with Gasteiger partial charge in [0, 0.05) is 17.4 Å². The smallest absolute Gasteiger partial charge is 0 e. The van der Waals surface area contributed by atoms with Gasteiger partial charge in [-0.3, -0.25) is 0 Å². The normalized spacial score (nSPS) is 6.57. The molecule has 7 heavy (non-hydrogen) atoms. The molecule has 0 aromatic heterocycles. The van der Waals surface area contributed by atoms with Crippen LogP contribution in [0.15, 0.2) is 11.6 Å². The fourth-order valence-electron chi connectivity index (χ4n) is 0.167. The van der Waals surface area contributed by atoms with Gasteiger partial charge in [0.1, 0.15) is 0 Å². The molecule has 0 aliphatic carbocycles. The van der Waals surface area contributed by atoms with Crippen LogP contribution >= 0.6 is 0 Å². The zero-order chi connectivity index (χ0) is 4.99. The molecule has 0 rings (SSSR count). The summed E-state index contributed by atoms with van der Waals surface area (Å²) in [5.74, 6) is 0. The first-order valence-electron chi connectivity index (χ1n) is 1.99. The van der Waals surface area contributed by atoms with E-state index in [-0.39, 0.29) is 17.4 Å². The minimum absolute atomic E-state index is 0. The van der Waals surface area contributed by atoms with E-state index in [2.05, 4.69) is 36.2 Å². The van der Waals surface area contributed by atoms with Crippen molar-refractivity contribution in [2.75, 3.05) is 0 Å². The molecular formula is C5H9AlCr. The monoisotopic (exact) mass is 148 g/mol. The number of hydrogen-bond acceptors (Lipinski definition) is 0. The van der Waals surface area contributed by atoms with Crippen LogP contribution in [0, 0.1) is 0 Å². The van der Waals surface area contributed by atoms with Gasteiger partial charge in [0.25, 0.3) is 0 Å². The molecule has 0 bridgehead atoms. The Labute approximate surface area is 64.5 Å². The molecule has 0 aromatic carbocycles. The van der Waals surface area contributed by atoms with Crippen molar-refractivity contribution in [2.45, 2.75) is 19.1 Å². The van der Waals surface area contributed by atoms with Crippen molar-refractivity contribution in [3.63, 3.8) is 0 Å². The summed E-state index contributed by atoms with van der Waals surface area (Å²) in [5, 5.41) is 1.04. The van der Waals surface area contributed by atoms with Gasteiger partial charge < -0.3 is 0 Å². The third-order valence-corrected chi connectivity index (χ3v) is 0.752. The van der Waals surface area contributed by atoms with Crippen molar-refractivity contribution in [3.05, 3.63) is 11.6 Å². The van der Waals surface area contributed by atoms with Crippen molar-refractivity contribution < 1.29 is 16.3 Å². The topological polar surface area (TPSA) is 0 Å². The molecule has 0 spiro atoms. The van der Waals surface area contributed by atoms with Gasteiger partial charge in [-0.1, -0.05) is 0 Å². The van der Waals surface area contributed by atoms with E-state index in [1.807, 2.05) is 0 Å². The van der Waals surface area contributed by atoms with Gasteiger partial charge in [-0.2, -0.15) is 0 Å². The van der Waals surface area contributed by atoms with Crippen molar-refractivity contribution in [3.8, 4) is 0 Å². The minimum Gasteiger partial charge on any atom is 0 e. The van der Waals surface area contributed by atoms with E-state index in [1.165, 1.54) is 5.57 Å². The molecule has 0 atom stereocenters. The second-order valence-corrected chi connectivity index (χ2v) is 1.97. The summed E-state index contributed by atoms with van der Waals surface area (Å²) in [7, 11) is 0. The number of hydrogen-bond donors (Lipinski definition) is 0. The first-order chi connectivity index (χ1) is 2.77. The molecule has 0 amide bonds. The summed E-state index contributed by atoms with van der Waals surface area (Å²) in [5.41, 5.74) is 1.38. The first-order valence-corrected chi connectivity index (χ1v) is 2.89. The Morgan fingerprint density at radius 2 is 2.00 bits per heavy atom. The Morgan fingerprint density at radius 3 is 2.00 bits per heavy atom. The Bertz CT molecular complexity index is 55.1. The molecule has 0 saturated heterocycles. The fourth-order valence-corrected chi connectivity index (χ4v) is 0.687. The largest absolute Gasteiger partial charge is 0 e. The van der Waals surface area contributed by atoms with Crippen LogP contribution in [0.25, 0.3) is 0 Å². The van der Waals surface area contributed by atoms with Gasteiger partial charge in [-0.05, 0) is 0 Å². The van der Waals surface area contributed by atoms with Crippen LogP contribution in [-0.4, -0.2) is 17.4 Å². The van der Waals surface area contributed by atoms with Gasteiger partial charge in [-0.25, -0.2) is 0 Å². The van der Waals surface area contributed by atoms with E-state index in [0.717, 1.165) is 5.28 Å². The molecule has 38 valence electrons. The second kappa shape index (κ2) is 6.80. The quantitative estimate of drug-likeness (QED) is 0.391. The average molecular weight is 148 g/mol. The van der Waals surface area contributed by atoms with Crippen LogP contribution in [0.1, 0.15) is 13.8 Å². The maximum atomic E-state index is 2.90. The summed E-state index contributed by atoms with van der Waals surface area (Å²) >= 11 is 2.90. The number of rotatable bonds is 1. The zero-order valence-electron chi connectivity index (χ0n) is 4.77. The van der Waals surface area contributed by atoms with E-state index < -0.39 is 0 Å². The molecule has 0 nitrogen and oxygen atoms in total. The van der Waals surface area contributed by atoms with E-state index in [4.69, 9.17) is 0 Å². The van der Waals surface area contributed by atoms with Crippen LogP contribution in [0.4, 0.5) is 0 Å². The summed E-state index contributed by atoms with van der Waals surface area (Å²) in [6.45, 7) is 4.19. The minimum atomic E-state index is 0. The van der Waals surface area contributed by atoms with Gasteiger partial charge in [0.2, 0.25) is 0 Å². The van der Waals surface area contributed by atoms with Crippen LogP contribution < -0.4 is 0 Å². The predicted octanol–water partition coefficient (Wildman–Crippen LogP) is 1.54. The Hall–Kier alpha value is 0.805.